The molecule has 0 amide bonds. The molecule has 0 radical (unpaired) electrons. The van der Waals surface area contributed by atoms with Crippen molar-refractivity contribution >= 4 is 27.5 Å². The van der Waals surface area contributed by atoms with E-state index in [9.17, 15) is 8.78 Å². The Balaban J connectivity index is 1.23. The maximum Gasteiger partial charge on any atom is 0.134 e. The molecule has 2 aromatic carbocycles. The number of pyridine rings is 2. The van der Waals surface area contributed by atoms with E-state index in [-0.39, 0.29) is 17.7 Å². The predicted molar refractivity (Wildman–Crippen MR) is 126 cm³/mol. The summed E-state index contributed by atoms with van der Waals surface area (Å²) in [6.07, 6.45) is 9.17. The first-order valence-electron chi connectivity index (χ1n) is 11.4. The van der Waals surface area contributed by atoms with Crippen molar-refractivity contribution in [1.82, 2.24) is 9.97 Å². The molecule has 4 aromatic rings. The number of halogens is 2. The highest BCUT2D eigenvalue weighted by Crippen LogP contribution is 2.40. The topological polar surface area (TPSA) is 37.8 Å². The van der Waals surface area contributed by atoms with E-state index >= 15 is 0 Å². The Morgan fingerprint density at radius 1 is 0.875 bits per heavy atom. The fourth-order valence-electron chi connectivity index (χ4n) is 5.26. The highest BCUT2D eigenvalue weighted by Gasteiger charge is 2.25. The molecule has 0 saturated heterocycles. The van der Waals surface area contributed by atoms with E-state index in [0.29, 0.717) is 11.8 Å². The van der Waals surface area contributed by atoms with Crippen LogP contribution in [0.5, 0.6) is 0 Å². The van der Waals surface area contributed by atoms with Crippen LogP contribution in [-0.4, -0.2) is 16.0 Å². The smallest absolute Gasteiger partial charge is 0.134 e. The van der Waals surface area contributed by atoms with Gasteiger partial charge in [0.2, 0.25) is 0 Å². The molecule has 0 aliphatic heterocycles. The summed E-state index contributed by atoms with van der Waals surface area (Å²) in [6.45, 7) is 2.19. The maximum absolute atomic E-state index is 13.8. The van der Waals surface area contributed by atoms with E-state index in [0.717, 1.165) is 59.6 Å². The van der Waals surface area contributed by atoms with Crippen LogP contribution < -0.4 is 5.32 Å². The lowest BCUT2D eigenvalue weighted by molar-refractivity contribution is 0.302. The molecule has 1 fully saturated rings. The number of fused-ring (bicyclic) bond motifs is 2. The summed E-state index contributed by atoms with van der Waals surface area (Å²) in [4.78, 5) is 8.88. The maximum atomic E-state index is 13.8. The molecule has 5 heteroatoms. The molecule has 2 heterocycles. The van der Waals surface area contributed by atoms with Crippen LogP contribution in [0, 0.1) is 17.6 Å². The summed E-state index contributed by atoms with van der Waals surface area (Å²) in [5, 5.41) is 6.29. The molecule has 1 N–H and O–H groups in total. The number of nitrogens with zero attached hydrogens (tertiary/aromatic N) is 2. The van der Waals surface area contributed by atoms with Gasteiger partial charge in [0.25, 0.3) is 0 Å². The predicted octanol–water partition coefficient (Wildman–Crippen LogP) is 7.23. The second kappa shape index (κ2) is 8.81. The van der Waals surface area contributed by atoms with Crippen LogP contribution in [0.25, 0.3) is 21.7 Å². The van der Waals surface area contributed by atoms with E-state index in [1.165, 1.54) is 17.7 Å². The van der Waals surface area contributed by atoms with Crippen LogP contribution in [0.2, 0.25) is 0 Å². The lowest BCUT2D eigenvalue weighted by atomic mass is 9.76. The zero-order chi connectivity index (χ0) is 22.1. The third-order valence-corrected chi connectivity index (χ3v) is 6.82. The molecule has 164 valence electrons. The number of anilines is 1. The number of aromatic nitrogens is 2. The monoisotopic (exact) mass is 431 g/mol. The Morgan fingerprint density at radius 2 is 1.62 bits per heavy atom. The first-order valence-corrected chi connectivity index (χ1v) is 11.4. The fourth-order valence-corrected chi connectivity index (χ4v) is 5.26. The standard InChI is InChI=1S/C27H27F2N3/c1-17(32-27-24-8-6-21(28)15-20(24)10-12-31-27)14-18-2-4-19(5-3-18)23-11-13-30-26-9-7-22(29)16-25(23)26/h6-13,15-19H,2-5,14H2,1H3,(H,31,32)/t17-,18-,19+/m1/s1. The summed E-state index contributed by atoms with van der Waals surface area (Å²) in [7, 11) is 0. The van der Waals surface area contributed by atoms with Gasteiger partial charge >= 0.3 is 0 Å². The Labute approximate surface area is 186 Å². The lowest BCUT2D eigenvalue weighted by Gasteiger charge is -2.31. The second-order valence-corrected chi connectivity index (χ2v) is 9.09. The van der Waals surface area contributed by atoms with E-state index in [4.69, 9.17) is 0 Å². The molecule has 1 atom stereocenters. The summed E-state index contributed by atoms with van der Waals surface area (Å²) >= 11 is 0. The van der Waals surface area contributed by atoms with Crippen LogP contribution in [-0.2, 0) is 0 Å². The highest BCUT2D eigenvalue weighted by molar-refractivity contribution is 5.91. The Kier molecular flexibility index (Phi) is 5.73. The van der Waals surface area contributed by atoms with Crippen LogP contribution in [0.3, 0.4) is 0 Å². The third-order valence-electron chi connectivity index (χ3n) is 6.82. The molecule has 5 rings (SSSR count). The highest BCUT2D eigenvalue weighted by atomic mass is 19.1. The zero-order valence-corrected chi connectivity index (χ0v) is 18.2. The molecular formula is C27H27F2N3. The minimum atomic E-state index is -0.232. The van der Waals surface area contributed by atoms with Gasteiger partial charge in [0.1, 0.15) is 17.5 Å². The first kappa shape index (κ1) is 20.8. The molecule has 0 spiro atoms. The Morgan fingerprint density at radius 3 is 2.47 bits per heavy atom. The van der Waals surface area contributed by atoms with E-state index < -0.39 is 0 Å². The molecular weight excluding hydrogens is 404 g/mol. The summed E-state index contributed by atoms with van der Waals surface area (Å²) in [5.41, 5.74) is 2.10. The second-order valence-electron chi connectivity index (χ2n) is 9.09. The van der Waals surface area contributed by atoms with Crippen molar-refractivity contribution < 1.29 is 8.78 Å². The Bertz CT molecular complexity index is 1250. The van der Waals surface area contributed by atoms with Crippen molar-refractivity contribution in [3.63, 3.8) is 0 Å². The molecule has 2 aromatic heterocycles. The number of nitrogens with one attached hydrogen (secondary N) is 1. The van der Waals surface area contributed by atoms with Gasteiger partial charge in [-0.25, -0.2) is 13.8 Å². The minimum Gasteiger partial charge on any atom is -0.367 e. The van der Waals surface area contributed by atoms with E-state index in [1.807, 2.05) is 12.3 Å². The molecule has 1 aliphatic carbocycles. The number of hydrogen-bond acceptors (Lipinski definition) is 3. The quantitative estimate of drug-likeness (QED) is 0.362. The van der Waals surface area contributed by atoms with E-state index in [2.05, 4.69) is 28.3 Å². The summed E-state index contributed by atoms with van der Waals surface area (Å²) in [6, 6.07) is 13.9. The largest absolute Gasteiger partial charge is 0.367 e. The average molecular weight is 432 g/mol. The number of benzene rings is 2. The van der Waals surface area contributed by atoms with Crippen LogP contribution in [0.15, 0.2) is 60.9 Å². The van der Waals surface area contributed by atoms with Crippen molar-refractivity contribution in [3.8, 4) is 0 Å². The zero-order valence-electron chi connectivity index (χ0n) is 18.2. The lowest BCUT2D eigenvalue weighted by Crippen LogP contribution is -2.23. The molecule has 3 nitrogen and oxygen atoms in total. The third kappa shape index (κ3) is 4.29. The average Bonchev–Trinajstić information content (AvgIpc) is 2.79. The van der Waals surface area contributed by atoms with Gasteiger partial charge in [-0.05, 0) is 110 Å². The van der Waals surface area contributed by atoms with Gasteiger partial charge in [-0.2, -0.15) is 0 Å². The Hall–Kier alpha value is -3.08. The summed E-state index contributed by atoms with van der Waals surface area (Å²) < 4.78 is 27.4. The van der Waals surface area contributed by atoms with Gasteiger partial charge < -0.3 is 5.32 Å². The van der Waals surface area contributed by atoms with Gasteiger partial charge in [-0.3, -0.25) is 4.98 Å². The number of rotatable bonds is 5. The van der Waals surface area contributed by atoms with Crippen molar-refractivity contribution in [1.29, 1.82) is 0 Å². The normalized spacial score (nSPS) is 19.8. The summed E-state index contributed by atoms with van der Waals surface area (Å²) in [5.74, 6) is 1.48. The van der Waals surface area contributed by atoms with Crippen molar-refractivity contribution in [2.24, 2.45) is 5.92 Å². The fraction of sp³-hybridized carbons (Fsp3) is 0.333. The van der Waals surface area contributed by atoms with Gasteiger partial charge in [0, 0.05) is 29.2 Å². The molecule has 32 heavy (non-hydrogen) atoms. The first-order chi connectivity index (χ1) is 15.6. The molecule has 1 aliphatic rings. The van der Waals surface area contributed by atoms with Gasteiger partial charge in [-0.15, -0.1) is 0 Å². The number of hydrogen-bond donors (Lipinski definition) is 1. The van der Waals surface area contributed by atoms with Crippen molar-refractivity contribution in [2.75, 3.05) is 5.32 Å². The van der Waals surface area contributed by atoms with Crippen LogP contribution >= 0.6 is 0 Å². The van der Waals surface area contributed by atoms with Crippen molar-refractivity contribution in [3.05, 3.63) is 78.1 Å². The van der Waals surface area contributed by atoms with Gasteiger partial charge in [0.15, 0.2) is 0 Å². The van der Waals surface area contributed by atoms with Crippen LogP contribution in [0.1, 0.15) is 50.5 Å². The van der Waals surface area contributed by atoms with Gasteiger partial charge in [0.05, 0.1) is 5.52 Å². The molecule has 0 bridgehead atoms. The SMILES string of the molecule is C[C@H](C[C@H]1CC[C@@H](c2ccnc3ccc(F)cc32)CC1)Nc1nccc2cc(F)ccc12. The van der Waals surface area contributed by atoms with Crippen molar-refractivity contribution in [2.45, 2.75) is 51.0 Å². The van der Waals surface area contributed by atoms with E-state index in [1.54, 1.807) is 30.5 Å². The van der Waals surface area contributed by atoms with Crippen LogP contribution in [0.4, 0.5) is 14.6 Å². The van der Waals surface area contributed by atoms with Gasteiger partial charge in [-0.1, -0.05) is 0 Å². The minimum absolute atomic E-state index is 0.204. The molecule has 0 unspecified atom stereocenters. The molecule has 1 saturated carbocycles.